The molecule has 5 nitrogen and oxygen atoms in total. The number of halogens is 2. The molecule has 1 saturated heterocycles. The number of nitrogens with zero attached hydrogens (tertiary/aromatic N) is 4. The van der Waals surface area contributed by atoms with E-state index in [1.807, 2.05) is 41.8 Å². The topological polar surface area (TPSA) is 43.1 Å². The van der Waals surface area contributed by atoms with Gasteiger partial charge in [0.2, 0.25) is 0 Å². The van der Waals surface area contributed by atoms with Crippen molar-refractivity contribution >= 4 is 40.1 Å². The Labute approximate surface area is 194 Å². The molecule has 4 aromatic rings. The third-order valence-electron chi connectivity index (χ3n) is 5.85. The minimum Gasteiger partial charge on any atom is -0.369 e. The van der Waals surface area contributed by atoms with E-state index < -0.39 is 5.82 Å². The molecule has 0 aliphatic carbocycles. The predicted octanol–water partition coefficient (Wildman–Crippen LogP) is 4.80. The molecule has 0 bridgehead atoms. The van der Waals surface area contributed by atoms with Crippen LogP contribution in [0.2, 0.25) is 5.02 Å². The van der Waals surface area contributed by atoms with Crippen LogP contribution in [0.1, 0.15) is 5.56 Å². The van der Waals surface area contributed by atoms with Gasteiger partial charge in [0.1, 0.15) is 11.5 Å². The summed E-state index contributed by atoms with van der Waals surface area (Å²) in [5.74, 6) is 1.74. The van der Waals surface area contributed by atoms with Gasteiger partial charge in [-0.05, 0) is 23.8 Å². The van der Waals surface area contributed by atoms with Crippen molar-refractivity contribution in [2.24, 2.45) is 7.05 Å². The maximum Gasteiger partial charge on any atom is 0.251 e. The monoisotopic (exact) mass is 468 g/mol. The Morgan fingerprint density at radius 2 is 2.00 bits per heavy atom. The number of anilines is 1. The Bertz CT molecular complexity index is 1360. The molecule has 5 rings (SSSR count). The summed E-state index contributed by atoms with van der Waals surface area (Å²) in [4.78, 5) is 19.9. The Kier molecular flexibility index (Phi) is 5.69. The van der Waals surface area contributed by atoms with E-state index in [0.717, 1.165) is 52.4 Å². The van der Waals surface area contributed by atoms with Gasteiger partial charge < -0.3 is 14.0 Å². The normalized spacial score (nSPS) is 14.3. The fraction of sp³-hybridized carbons (Fsp3) is 0.250. The van der Waals surface area contributed by atoms with Crippen molar-refractivity contribution in [3.63, 3.8) is 0 Å². The van der Waals surface area contributed by atoms with Gasteiger partial charge in [-0.3, -0.25) is 4.79 Å². The summed E-state index contributed by atoms with van der Waals surface area (Å²) < 4.78 is 17.7. The molecular formula is C24H22ClFN4OS. The number of benzene rings is 1. The molecular weight excluding hydrogens is 447 g/mol. The van der Waals surface area contributed by atoms with Crippen LogP contribution in [0.4, 0.5) is 10.1 Å². The first-order valence-corrected chi connectivity index (χ1v) is 12.0. The predicted molar refractivity (Wildman–Crippen MR) is 130 cm³/mol. The second-order valence-electron chi connectivity index (χ2n) is 7.91. The van der Waals surface area contributed by atoms with Crippen molar-refractivity contribution in [3.05, 3.63) is 81.7 Å². The standard InChI is InChI=1S/C24H22ClFN4OS/c1-28-15-20(19-12-18(13-27-24(19)28)29-7-9-32-10-8-29)16-5-6-30(22(31)11-16)14-17-3-2-4-21(25)23(17)26/h2-6,11-13,15H,7-10,14H2,1H3. The summed E-state index contributed by atoms with van der Waals surface area (Å²) >= 11 is 7.85. The summed E-state index contributed by atoms with van der Waals surface area (Å²) in [6, 6.07) is 10.5. The molecule has 0 amide bonds. The minimum atomic E-state index is -0.492. The molecule has 1 aliphatic rings. The van der Waals surface area contributed by atoms with Gasteiger partial charge in [-0.2, -0.15) is 11.8 Å². The lowest BCUT2D eigenvalue weighted by molar-refractivity contribution is 0.597. The number of hydrogen-bond acceptors (Lipinski definition) is 4. The van der Waals surface area contributed by atoms with Gasteiger partial charge >= 0.3 is 0 Å². The Balaban J connectivity index is 1.51. The smallest absolute Gasteiger partial charge is 0.251 e. The molecule has 0 unspecified atom stereocenters. The van der Waals surface area contributed by atoms with Crippen LogP contribution in [-0.4, -0.2) is 38.7 Å². The number of pyridine rings is 2. The highest BCUT2D eigenvalue weighted by Gasteiger charge is 2.16. The lowest BCUT2D eigenvalue weighted by Gasteiger charge is -2.28. The molecule has 3 aromatic heterocycles. The zero-order valence-electron chi connectivity index (χ0n) is 17.6. The molecule has 4 heterocycles. The van der Waals surface area contributed by atoms with Crippen molar-refractivity contribution in [1.82, 2.24) is 14.1 Å². The third-order valence-corrected chi connectivity index (χ3v) is 7.09. The van der Waals surface area contributed by atoms with E-state index in [1.165, 1.54) is 10.6 Å². The molecule has 0 saturated carbocycles. The van der Waals surface area contributed by atoms with E-state index >= 15 is 0 Å². The first-order valence-electron chi connectivity index (χ1n) is 10.4. The van der Waals surface area contributed by atoms with Crippen LogP contribution in [0, 0.1) is 5.82 Å². The lowest BCUT2D eigenvalue weighted by atomic mass is 10.1. The largest absolute Gasteiger partial charge is 0.369 e. The van der Waals surface area contributed by atoms with Crippen molar-refractivity contribution < 1.29 is 4.39 Å². The summed E-state index contributed by atoms with van der Waals surface area (Å²) in [6.45, 7) is 2.14. The third kappa shape index (κ3) is 3.91. The van der Waals surface area contributed by atoms with E-state index in [4.69, 9.17) is 16.6 Å². The van der Waals surface area contributed by atoms with Crippen molar-refractivity contribution in [2.45, 2.75) is 6.54 Å². The number of aryl methyl sites for hydroxylation is 1. The molecule has 0 N–H and O–H groups in total. The summed E-state index contributed by atoms with van der Waals surface area (Å²) in [5, 5.41) is 1.07. The quantitative estimate of drug-likeness (QED) is 0.431. The summed E-state index contributed by atoms with van der Waals surface area (Å²) in [5.41, 5.74) is 3.94. The van der Waals surface area contributed by atoms with Crippen LogP contribution >= 0.6 is 23.4 Å². The Hall–Kier alpha value is -2.77. The van der Waals surface area contributed by atoms with Gasteiger partial charge in [0.05, 0.1) is 23.5 Å². The van der Waals surface area contributed by atoms with Crippen molar-refractivity contribution in [2.75, 3.05) is 29.5 Å². The number of rotatable bonds is 4. The van der Waals surface area contributed by atoms with Crippen LogP contribution in [0.3, 0.4) is 0 Å². The molecule has 0 spiro atoms. The number of hydrogen-bond donors (Lipinski definition) is 0. The molecule has 8 heteroatoms. The van der Waals surface area contributed by atoms with E-state index in [1.54, 1.807) is 24.4 Å². The van der Waals surface area contributed by atoms with Crippen LogP contribution in [0.5, 0.6) is 0 Å². The van der Waals surface area contributed by atoms with Gasteiger partial charge in [0.25, 0.3) is 5.56 Å². The Morgan fingerprint density at radius 1 is 1.19 bits per heavy atom. The van der Waals surface area contributed by atoms with E-state index in [0.29, 0.717) is 5.56 Å². The van der Waals surface area contributed by atoms with Crippen LogP contribution in [-0.2, 0) is 13.6 Å². The highest BCUT2D eigenvalue weighted by molar-refractivity contribution is 7.99. The molecule has 1 aromatic carbocycles. The summed E-state index contributed by atoms with van der Waals surface area (Å²) in [7, 11) is 1.96. The highest BCUT2D eigenvalue weighted by Crippen LogP contribution is 2.32. The molecule has 0 atom stereocenters. The average molecular weight is 469 g/mol. The fourth-order valence-corrected chi connectivity index (χ4v) is 5.23. The van der Waals surface area contributed by atoms with Crippen LogP contribution < -0.4 is 10.5 Å². The van der Waals surface area contributed by atoms with Crippen molar-refractivity contribution in [1.29, 1.82) is 0 Å². The molecule has 164 valence electrons. The Morgan fingerprint density at radius 3 is 2.78 bits per heavy atom. The summed E-state index contributed by atoms with van der Waals surface area (Å²) in [6.07, 6.45) is 5.64. The van der Waals surface area contributed by atoms with Crippen LogP contribution in [0.15, 0.2) is 59.8 Å². The molecule has 32 heavy (non-hydrogen) atoms. The van der Waals surface area contributed by atoms with E-state index in [2.05, 4.69) is 11.0 Å². The van der Waals surface area contributed by atoms with Gasteiger partial charge in [-0.1, -0.05) is 23.7 Å². The first-order chi connectivity index (χ1) is 15.5. The van der Waals surface area contributed by atoms with E-state index in [-0.39, 0.29) is 17.1 Å². The number of fused-ring (bicyclic) bond motifs is 1. The van der Waals surface area contributed by atoms with Gasteiger partial charge in [0, 0.05) is 66.6 Å². The highest BCUT2D eigenvalue weighted by atomic mass is 35.5. The molecule has 1 aliphatic heterocycles. The van der Waals surface area contributed by atoms with Crippen molar-refractivity contribution in [3.8, 4) is 11.1 Å². The number of aromatic nitrogens is 3. The second-order valence-corrected chi connectivity index (χ2v) is 9.54. The van der Waals surface area contributed by atoms with Gasteiger partial charge in [-0.15, -0.1) is 0 Å². The lowest BCUT2D eigenvalue weighted by Crippen LogP contribution is -2.32. The minimum absolute atomic E-state index is 0.0542. The van der Waals surface area contributed by atoms with Gasteiger partial charge in [-0.25, -0.2) is 9.37 Å². The molecule has 0 radical (unpaired) electrons. The van der Waals surface area contributed by atoms with Crippen LogP contribution in [0.25, 0.3) is 22.2 Å². The zero-order chi connectivity index (χ0) is 22.2. The first kappa shape index (κ1) is 21.1. The maximum atomic E-state index is 14.3. The SMILES string of the molecule is Cn1cc(-c2ccn(Cc3cccc(Cl)c3F)c(=O)c2)c2cc(N3CCSCC3)cnc21. The van der Waals surface area contributed by atoms with E-state index in [9.17, 15) is 9.18 Å². The zero-order valence-corrected chi connectivity index (χ0v) is 19.2. The van der Waals surface area contributed by atoms with Gasteiger partial charge in [0.15, 0.2) is 0 Å². The number of thioether (sulfide) groups is 1. The second kappa shape index (κ2) is 8.64. The fourth-order valence-electron chi connectivity index (χ4n) is 4.13. The maximum absolute atomic E-state index is 14.3. The molecule has 1 fully saturated rings. The average Bonchev–Trinajstić information content (AvgIpc) is 3.14.